The van der Waals surface area contributed by atoms with Crippen molar-refractivity contribution in [3.63, 3.8) is 0 Å². The molecular formula is C16H26N4OS. The fourth-order valence-corrected chi connectivity index (χ4v) is 3.52. The molecule has 22 heavy (non-hydrogen) atoms. The van der Waals surface area contributed by atoms with Gasteiger partial charge in [-0.1, -0.05) is 13.3 Å². The Morgan fingerprint density at radius 3 is 2.73 bits per heavy atom. The first-order chi connectivity index (χ1) is 10.8. The average molecular weight is 322 g/mol. The van der Waals surface area contributed by atoms with Crippen LogP contribution in [0.15, 0.2) is 18.5 Å². The van der Waals surface area contributed by atoms with Crippen molar-refractivity contribution in [1.29, 1.82) is 0 Å². The van der Waals surface area contributed by atoms with Gasteiger partial charge in [-0.2, -0.15) is 11.8 Å². The third-order valence-corrected chi connectivity index (χ3v) is 4.88. The standard InChI is InChI=1S/C16H26N4OS/c1-2-3-12-22-13-7-15(21)19-14-5-10-20(11-6-14)16-17-8-4-9-18-16/h4,8-9,14H,2-3,5-7,10-13H2,1H3,(H,19,21). The van der Waals surface area contributed by atoms with E-state index in [1.165, 1.54) is 18.6 Å². The lowest BCUT2D eigenvalue weighted by molar-refractivity contribution is -0.121. The largest absolute Gasteiger partial charge is 0.353 e. The third-order valence-electron chi connectivity index (χ3n) is 3.81. The zero-order valence-corrected chi connectivity index (χ0v) is 14.1. The van der Waals surface area contributed by atoms with Gasteiger partial charge in [0, 0.05) is 43.7 Å². The van der Waals surface area contributed by atoms with Gasteiger partial charge in [0.25, 0.3) is 0 Å². The van der Waals surface area contributed by atoms with Crippen LogP contribution < -0.4 is 10.2 Å². The van der Waals surface area contributed by atoms with E-state index in [1.807, 2.05) is 17.8 Å². The lowest BCUT2D eigenvalue weighted by atomic mass is 10.1. The van der Waals surface area contributed by atoms with Crippen LogP contribution in [0.3, 0.4) is 0 Å². The van der Waals surface area contributed by atoms with Crippen LogP contribution in [0.2, 0.25) is 0 Å². The van der Waals surface area contributed by atoms with Crippen molar-refractivity contribution >= 4 is 23.6 Å². The van der Waals surface area contributed by atoms with Crippen LogP contribution in [0.1, 0.15) is 39.0 Å². The van der Waals surface area contributed by atoms with Crippen molar-refractivity contribution < 1.29 is 4.79 Å². The molecule has 1 N–H and O–H groups in total. The van der Waals surface area contributed by atoms with E-state index in [4.69, 9.17) is 0 Å². The summed E-state index contributed by atoms with van der Waals surface area (Å²) in [5.74, 6) is 3.08. The molecule has 2 rings (SSSR count). The number of carbonyl (C=O) groups excluding carboxylic acids is 1. The van der Waals surface area contributed by atoms with Gasteiger partial charge >= 0.3 is 0 Å². The molecule has 2 heterocycles. The number of rotatable bonds is 8. The summed E-state index contributed by atoms with van der Waals surface area (Å²) in [5.41, 5.74) is 0. The number of carbonyl (C=O) groups is 1. The van der Waals surface area contributed by atoms with Gasteiger partial charge in [0.1, 0.15) is 0 Å². The topological polar surface area (TPSA) is 58.1 Å². The Kier molecular flexibility index (Phi) is 7.49. The predicted octanol–water partition coefficient (Wildman–Crippen LogP) is 2.49. The molecule has 0 aliphatic carbocycles. The molecule has 1 saturated heterocycles. The summed E-state index contributed by atoms with van der Waals surface area (Å²) < 4.78 is 0. The Morgan fingerprint density at radius 2 is 2.05 bits per heavy atom. The Balaban J connectivity index is 1.62. The minimum atomic E-state index is 0.193. The number of nitrogens with zero attached hydrogens (tertiary/aromatic N) is 3. The fraction of sp³-hybridized carbons (Fsp3) is 0.688. The molecule has 1 aliphatic heterocycles. The Labute approximate surface area is 137 Å². The molecule has 1 aromatic heterocycles. The third kappa shape index (κ3) is 5.83. The molecule has 0 radical (unpaired) electrons. The highest BCUT2D eigenvalue weighted by molar-refractivity contribution is 7.99. The maximum Gasteiger partial charge on any atom is 0.225 e. The van der Waals surface area contributed by atoms with Gasteiger partial charge in [0.15, 0.2) is 0 Å². The van der Waals surface area contributed by atoms with Gasteiger partial charge in [0.2, 0.25) is 11.9 Å². The van der Waals surface area contributed by atoms with Gasteiger partial charge in [-0.25, -0.2) is 9.97 Å². The second kappa shape index (κ2) is 9.66. The minimum Gasteiger partial charge on any atom is -0.353 e. The Hall–Kier alpha value is -1.30. The van der Waals surface area contributed by atoms with Crippen molar-refractivity contribution in [3.05, 3.63) is 18.5 Å². The molecule has 1 aliphatic rings. The highest BCUT2D eigenvalue weighted by atomic mass is 32.2. The van der Waals surface area contributed by atoms with Crippen LogP contribution >= 0.6 is 11.8 Å². The molecule has 1 fully saturated rings. The van der Waals surface area contributed by atoms with E-state index >= 15 is 0 Å². The van der Waals surface area contributed by atoms with E-state index < -0.39 is 0 Å². The summed E-state index contributed by atoms with van der Waals surface area (Å²) in [4.78, 5) is 22.7. The lowest BCUT2D eigenvalue weighted by Crippen LogP contribution is -2.45. The smallest absolute Gasteiger partial charge is 0.225 e. The quantitative estimate of drug-likeness (QED) is 0.745. The van der Waals surface area contributed by atoms with Crippen molar-refractivity contribution in [1.82, 2.24) is 15.3 Å². The highest BCUT2D eigenvalue weighted by Crippen LogP contribution is 2.15. The molecule has 0 aromatic carbocycles. The predicted molar refractivity (Wildman–Crippen MR) is 92.3 cm³/mol. The van der Waals surface area contributed by atoms with Crippen LogP contribution in [-0.4, -0.2) is 46.5 Å². The summed E-state index contributed by atoms with van der Waals surface area (Å²) in [6.07, 6.45) is 8.57. The molecule has 0 unspecified atom stereocenters. The maximum atomic E-state index is 11.9. The molecule has 122 valence electrons. The summed E-state index contributed by atoms with van der Waals surface area (Å²) in [6.45, 7) is 4.00. The van der Waals surface area contributed by atoms with Crippen LogP contribution in [0.4, 0.5) is 5.95 Å². The number of hydrogen-bond acceptors (Lipinski definition) is 5. The van der Waals surface area contributed by atoms with E-state index in [-0.39, 0.29) is 5.91 Å². The molecule has 0 bridgehead atoms. The fourth-order valence-electron chi connectivity index (χ4n) is 2.49. The number of piperidine rings is 1. The molecule has 1 aromatic rings. The molecule has 5 nitrogen and oxygen atoms in total. The number of aromatic nitrogens is 2. The second-order valence-electron chi connectivity index (χ2n) is 5.59. The second-order valence-corrected chi connectivity index (χ2v) is 6.82. The first kappa shape index (κ1) is 17.1. The van der Waals surface area contributed by atoms with Gasteiger partial charge in [-0.15, -0.1) is 0 Å². The molecule has 6 heteroatoms. The molecular weight excluding hydrogens is 296 g/mol. The molecule has 0 saturated carbocycles. The lowest BCUT2D eigenvalue weighted by Gasteiger charge is -2.32. The van der Waals surface area contributed by atoms with Crippen LogP contribution in [0, 0.1) is 0 Å². The minimum absolute atomic E-state index is 0.193. The molecule has 1 amide bonds. The highest BCUT2D eigenvalue weighted by Gasteiger charge is 2.21. The number of thioether (sulfide) groups is 1. The van der Waals surface area contributed by atoms with Gasteiger partial charge in [0.05, 0.1) is 0 Å². The first-order valence-corrected chi connectivity index (χ1v) is 9.34. The maximum absolute atomic E-state index is 11.9. The molecule has 0 atom stereocenters. The van der Waals surface area contributed by atoms with Crippen molar-refractivity contribution in [2.45, 2.75) is 45.1 Å². The van der Waals surface area contributed by atoms with E-state index in [2.05, 4.69) is 27.1 Å². The van der Waals surface area contributed by atoms with Crippen LogP contribution in [0.25, 0.3) is 0 Å². The zero-order valence-electron chi connectivity index (χ0n) is 13.3. The van der Waals surface area contributed by atoms with Crippen LogP contribution in [-0.2, 0) is 4.79 Å². The van der Waals surface area contributed by atoms with Crippen molar-refractivity contribution in [2.75, 3.05) is 29.5 Å². The normalized spacial score (nSPS) is 15.8. The summed E-state index contributed by atoms with van der Waals surface area (Å²) >= 11 is 1.88. The van der Waals surface area contributed by atoms with E-state index in [0.717, 1.165) is 37.6 Å². The van der Waals surface area contributed by atoms with Gasteiger partial charge in [-0.05, 0) is 31.1 Å². The SMILES string of the molecule is CCCCSCCC(=O)NC1CCN(c2ncccn2)CC1. The average Bonchev–Trinajstić information content (AvgIpc) is 2.56. The monoisotopic (exact) mass is 322 g/mol. The van der Waals surface area contributed by atoms with E-state index in [9.17, 15) is 4.79 Å². The summed E-state index contributed by atoms with van der Waals surface area (Å²) in [5, 5.41) is 3.16. The van der Waals surface area contributed by atoms with Gasteiger partial charge in [-0.3, -0.25) is 4.79 Å². The van der Waals surface area contributed by atoms with Crippen molar-refractivity contribution in [3.8, 4) is 0 Å². The van der Waals surface area contributed by atoms with E-state index in [1.54, 1.807) is 12.4 Å². The van der Waals surface area contributed by atoms with E-state index in [0.29, 0.717) is 12.5 Å². The van der Waals surface area contributed by atoms with Crippen molar-refractivity contribution in [2.24, 2.45) is 0 Å². The summed E-state index contributed by atoms with van der Waals surface area (Å²) in [6, 6.07) is 2.13. The number of anilines is 1. The number of unbranched alkanes of at least 4 members (excludes halogenated alkanes) is 1. The molecule has 0 spiro atoms. The Bertz CT molecular complexity index is 435. The number of amides is 1. The van der Waals surface area contributed by atoms with Gasteiger partial charge < -0.3 is 10.2 Å². The number of hydrogen-bond donors (Lipinski definition) is 1. The van der Waals surface area contributed by atoms with Crippen LogP contribution in [0.5, 0.6) is 0 Å². The number of nitrogens with one attached hydrogen (secondary N) is 1. The summed E-state index contributed by atoms with van der Waals surface area (Å²) in [7, 11) is 0. The Morgan fingerprint density at radius 1 is 1.32 bits per heavy atom. The first-order valence-electron chi connectivity index (χ1n) is 8.18. The zero-order chi connectivity index (χ0) is 15.6.